The summed E-state index contributed by atoms with van der Waals surface area (Å²) in [6.45, 7) is 3.47. The van der Waals surface area contributed by atoms with Gasteiger partial charge in [-0.25, -0.2) is 0 Å². The molecule has 28 heavy (non-hydrogen) atoms. The molecule has 1 saturated carbocycles. The van der Waals surface area contributed by atoms with E-state index in [1.54, 1.807) is 4.90 Å². The largest absolute Gasteiger partial charge is 0.370 e. The van der Waals surface area contributed by atoms with Crippen LogP contribution in [-0.4, -0.2) is 46.7 Å². The van der Waals surface area contributed by atoms with Crippen LogP contribution >= 0.6 is 0 Å². The van der Waals surface area contributed by atoms with Gasteiger partial charge in [-0.15, -0.1) is 0 Å². The van der Waals surface area contributed by atoms with Crippen LogP contribution in [0, 0.1) is 11.8 Å². The van der Waals surface area contributed by atoms with Crippen LogP contribution in [0.1, 0.15) is 51.0 Å². The van der Waals surface area contributed by atoms with Gasteiger partial charge < -0.3 is 15.5 Å². The molecule has 1 atom stereocenters. The topological polar surface area (TPSA) is 83.7 Å². The minimum Gasteiger partial charge on any atom is -0.370 e. The maximum absolute atomic E-state index is 13.2. The lowest BCUT2D eigenvalue weighted by Crippen LogP contribution is -2.41. The Kier molecular flexibility index (Phi) is 6.70. The third kappa shape index (κ3) is 5.12. The fraction of sp³-hybridized carbons (Fsp3) is 0.591. The number of primary amides is 1. The van der Waals surface area contributed by atoms with Gasteiger partial charge in [0.15, 0.2) is 0 Å². The molecule has 1 aliphatic carbocycles. The van der Waals surface area contributed by atoms with Gasteiger partial charge in [-0.2, -0.15) is 0 Å². The molecule has 1 aromatic rings. The average Bonchev–Trinajstić information content (AvgIpc) is 3.07. The zero-order chi connectivity index (χ0) is 20.1. The van der Waals surface area contributed by atoms with Crippen LogP contribution < -0.4 is 5.73 Å². The summed E-state index contributed by atoms with van der Waals surface area (Å²) in [5, 5.41) is 0. The standard InChI is InChI=1S/C22H31N3O3/c1-16-7-9-19(10-8-16)25-15-18(13-21(25)27)22(28)24(12-11-20(23)26)14-17-5-3-2-4-6-17/h2-6,16,18-19H,7-15H2,1H3,(H2,23,26). The van der Waals surface area contributed by atoms with E-state index in [2.05, 4.69) is 6.92 Å². The van der Waals surface area contributed by atoms with Crippen LogP contribution in [0.3, 0.4) is 0 Å². The van der Waals surface area contributed by atoms with Crippen LogP contribution in [-0.2, 0) is 20.9 Å². The number of carbonyl (C=O) groups excluding carboxylic acids is 3. The molecule has 1 heterocycles. The zero-order valence-corrected chi connectivity index (χ0v) is 16.7. The molecule has 3 amide bonds. The van der Waals surface area contributed by atoms with Crippen LogP contribution in [0.15, 0.2) is 30.3 Å². The fourth-order valence-corrected chi connectivity index (χ4v) is 4.38. The highest BCUT2D eigenvalue weighted by Crippen LogP contribution is 2.32. The highest BCUT2D eigenvalue weighted by molar-refractivity contribution is 5.89. The van der Waals surface area contributed by atoms with Crippen molar-refractivity contribution in [3.05, 3.63) is 35.9 Å². The number of rotatable bonds is 7. The third-order valence-corrected chi connectivity index (χ3v) is 6.09. The molecule has 6 nitrogen and oxygen atoms in total. The predicted octanol–water partition coefficient (Wildman–Crippen LogP) is 2.32. The third-order valence-electron chi connectivity index (χ3n) is 6.09. The summed E-state index contributed by atoms with van der Waals surface area (Å²) < 4.78 is 0. The molecule has 0 spiro atoms. The van der Waals surface area contributed by atoms with Crippen molar-refractivity contribution < 1.29 is 14.4 Å². The van der Waals surface area contributed by atoms with Gasteiger partial charge in [0.25, 0.3) is 0 Å². The number of nitrogens with two attached hydrogens (primary N) is 1. The van der Waals surface area contributed by atoms with E-state index < -0.39 is 5.91 Å². The van der Waals surface area contributed by atoms with Crippen molar-refractivity contribution in [1.82, 2.24) is 9.80 Å². The lowest BCUT2D eigenvalue weighted by atomic mass is 9.86. The monoisotopic (exact) mass is 385 g/mol. The van der Waals surface area contributed by atoms with Gasteiger partial charge in [0, 0.05) is 38.5 Å². The van der Waals surface area contributed by atoms with Crippen molar-refractivity contribution >= 4 is 17.7 Å². The number of carbonyl (C=O) groups is 3. The Labute approximate surface area is 167 Å². The van der Waals surface area contributed by atoms with Crippen molar-refractivity contribution in [2.24, 2.45) is 17.6 Å². The molecule has 0 radical (unpaired) electrons. The first kappa shape index (κ1) is 20.4. The second-order valence-electron chi connectivity index (χ2n) is 8.32. The second kappa shape index (κ2) is 9.22. The van der Waals surface area contributed by atoms with Gasteiger partial charge in [0.2, 0.25) is 17.7 Å². The van der Waals surface area contributed by atoms with E-state index in [9.17, 15) is 14.4 Å². The Morgan fingerprint density at radius 2 is 1.82 bits per heavy atom. The number of hydrogen-bond donors (Lipinski definition) is 1. The van der Waals surface area contributed by atoms with E-state index in [1.807, 2.05) is 35.2 Å². The number of hydrogen-bond acceptors (Lipinski definition) is 3. The van der Waals surface area contributed by atoms with Crippen molar-refractivity contribution in [3.63, 3.8) is 0 Å². The summed E-state index contributed by atoms with van der Waals surface area (Å²) in [7, 11) is 0. The number of likely N-dealkylation sites (tertiary alicyclic amines) is 1. The SMILES string of the molecule is CC1CCC(N2CC(C(=O)N(CCC(N)=O)Cc3ccccc3)CC2=O)CC1. The van der Waals surface area contributed by atoms with Gasteiger partial charge >= 0.3 is 0 Å². The lowest BCUT2D eigenvalue weighted by Gasteiger charge is -2.34. The molecule has 1 unspecified atom stereocenters. The van der Waals surface area contributed by atoms with Gasteiger partial charge in [-0.1, -0.05) is 37.3 Å². The van der Waals surface area contributed by atoms with Gasteiger partial charge in [0.1, 0.15) is 0 Å². The molecule has 1 saturated heterocycles. The van der Waals surface area contributed by atoms with E-state index in [4.69, 9.17) is 5.73 Å². The molecular formula is C22H31N3O3. The number of nitrogens with zero attached hydrogens (tertiary/aromatic N) is 2. The van der Waals surface area contributed by atoms with Crippen LogP contribution in [0.25, 0.3) is 0 Å². The molecule has 2 fully saturated rings. The maximum atomic E-state index is 13.2. The summed E-state index contributed by atoms with van der Waals surface area (Å²) in [5.41, 5.74) is 6.30. The summed E-state index contributed by atoms with van der Waals surface area (Å²) in [5.74, 6) is 0.00824. The molecule has 0 bridgehead atoms. The van der Waals surface area contributed by atoms with Crippen LogP contribution in [0.2, 0.25) is 0 Å². The number of amides is 3. The predicted molar refractivity (Wildman–Crippen MR) is 107 cm³/mol. The van der Waals surface area contributed by atoms with Crippen molar-refractivity contribution in [3.8, 4) is 0 Å². The molecule has 1 aromatic carbocycles. The Morgan fingerprint density at radius 3 is 2.46 bits per heavy atom. The first-order chi connectivity index (χ1) is 13.4. The Hall–Kier alpha value is -2.37. The van der Waals surface area contributed by atoms with E-state index in [0.29, 0.717) is 13.1 Å². The van der Waals surface area contributed by atoms with Crippen molar-refractivity contribution in [2.75, 3.05) is 13.1 Å². The Balaban J connectivity index is 1.66. The molecule has 1 aliphatic heterocycles. The highest BCUT2D eigenvalue weighted by atomic mass is 16.2. The van der Waals surface area contributed by atoms with Crippen molar-refractivity contribution in [1.29, 1.82) is 0 Å². The molecule has 2 aliphatic rings. The minimum absolute atomic E-state index is 0.0508. The molecule has 6 heteroatoms. The normalized spacial score (nSPS) is 25.0. The minimum atomic E-state index is -0.425. The van der Waals surface area contributed by atoms with Crippen LogP contribution in [0.4, 0.5) is 0 Å². The average molecular weight is 386 g/mol. The van der Waals surface area contributed by atoms with Gasteiger partial charge in [-0.3, -0.25) is 14.4 Å². The van der Waals surface area contributed by atoms with E-state index >= 15 is 0 Å². The Morgan fingerprint density at radius 1 is 1.14 bits per heavy atom. The zero-order valence-electron chi connectivity index (χ0n) is 16.7. The molecular weight excluding hydrogens is 354 g/mol. The maximum Gasteiger partial charge on any atom is 0.228 e. The highest BCUT2D eigenvalue weighted by Gasteiger charge is 2.40. The van der Waals surface area contributed by atoms with Gasteiger partial charge in [-0.05, 0) is 37.2 Å². The smallest absolute Gasteiger partial charge is 0.228 e. The number of benzene rings is 1. The molecule has 3 rings (SSSR count). The summed E-state index contributed by atoms with van der Waals surface area (Å²) >= 11 is 0. The summed E-state index contributed by atoms with van der Waals surface area (Å²) in [4.78, 5) is 40.7. The first-order valence-corrected chi connectivity index (χ1v) is 10.3. The quantitative estimate of drug-likeness (QED) is 0.782. The fourth-order valence-electron chi connectivity index (χ4n) is 4.38. The van der Waals surface area contributed by atoms with E-state index in [0.717, 1.165) is 37.2 Å². The first-order valence-electron chi connectivity index (χ1n) is 10.3. The summed E-state index contributed by atoms with van der Waals surface area (Å²) in [6, 6.07) is 9.97. The van der Waals surface area contributed by atoms with Crippen molar-refractivity contribution in [2.45, 2.75) is 58.0 Å². The molecule has 152 valence electrons. The Bertz CT molecular complexity index is 698. The molecule has 0 aromatic heterocycles. The summed E-state index contributed by atoms with van der Waals surface area (Å²) in [6.07, 6.45) is 4.75. The van der Waals surface area contributed by atoms with Gasteiger partial charge in [0.05, 0.1) is 5.92 Å². The van der Waals surface area contributed by atoms with E-state index in [-0.39, 0.29) is 43.2 Å². The second-order valence-corrected chi connectivity index (χ2v) is 8.32. The molecule has 2 N–H and O–H groups in total. The van der Waals surface area contributed by atoms with Crippen LogP contribution in [0.5, 0.6) is 0 Å². The lowest BCUT2D eigenvalue weighted by molar-refractivity contribution is -0.137. The van der Waals surface area contributed by atoms with E-state index in [1.165, 1.54) is 0 Å².